The van der Waals surface area contributed by atoms with Crippen LogP contribution in [0.4, 0.5) is 18.9 Å². The molecule has 1 N–H and O–H groups in total. The molecule has 2 aliphatic rings. The number of nitrogens with zero attached hydrogens (tertiary/aromatic N) is 1. The largest absolute Gasteiger partial charge is 0.417 e. The van der Waals surface area contributed by atoms with Gasteiger partial charge in [-0.05, 0) is 68.9 Å². The van der Waals surface area contributed by atoms with E-state index in [0.29, 0.717) is 0 Å². The summed E-state index contributed by atoms with van der Waals surface area (Å²) in [5.74, 6) is 0.160. The molecule has 4 rings (SSSR count). The van der Waals surface area contributed by atoms with Gasteiger partial charge in [-0.25, -0.2) is 8.42 Å². The average molecular weight is 410 g/mol. The number of alkyl halides is 3. The highest BCUT2D eigenvalue weighted by Gasteiger charge is 2.39. The van der Waals surface area contributed by atoms with E-state index in [0.717, 1.165) is 49.3 Å². The molecule has 4 nitrogen and oxygen atoms in total. The molecule has 150 valence electrons. The van der Waals surface area contributed by atoms with E-state index in [2.05, 4.69) is 17.3 Å². The van der Waals surface area contributed by atoms with Gasteiger partial charge in [-0.1, -0.05) is 12.1 Å². The van der Waals surface area contributed by atoms with Gasteiger partial charge in [-0.3, -0.25) is 0 Å². The van der Waals surface area contributed by atoms with Crippen molar-refractivity contribution in [2.45, 2.75) is 40.8 Å². The van der Waals surface area contributed by atoms with Crippen molar-refractivity contribution in [2.75, 3.05) is 25.5 Å². The summed E-state index contributed by atoms with van der Waals surface area (Å²) >= 11 is 0. The second kappa shape index (κ2) is 6.77. The number of halogens is 3. The Morgan fingerprint density at radius 3 is 2.54 bits per heavy atom. The van der Waals surface area contributed by atoms with E-state index >= 15 is 0 Å². The van der Waals surface area contributed by atoms with Crippen molar-refractivity contribution in [1.82, 2.24) is 4.90 Å². The van der Waals surface area contributed by atoms with Gasteiger partial charge in [0, 0.05) is 17.6 Å². The number of hydrogen-bond donors (Lipinski definition) is 1. The minimum atomic E-state index is -4.74. The van der Waals surface area contributed by atoms with Crippen molar-refractivity contribution < 1.29 is 21.6 Å². The number of anilines is 1. The average Bonchev–Trinajstić information content (AvgIpc) is 2.90. The van der Waals surface area contributed by atoms with E-state index in [-0.39, 0.29) is 16.9 Å². The van der Waals surface area contributed by atoms with Gasteiger partial charge in [0.05, 0.1) is 15.4 Å². The normalized spacial score (nSPS) is 22.9. The molecule has 28 heavy (non-hydrogen) atoms. The molecule has 1 fully saturated rings. The molecular weight excluding hydrogens is 389 g/mol. The zero-order valence-corrected chi connectivity index (χ0v) is 16.1. The van der Waals surface area contributed by atoms with Crippen molar-refractivity contribution in [1.29, 1.82) is 0 Å². The lowest BCUT2D eigenvalue weighted by molar-refractivity contribution is -0.139. The van der Waals surface area contributed by atoms with Crippen molar-refractivity contribution >= 4 is 15.5 Å². The lowest BCUT2D eigenvalue weighted by Gasteiger charge is -2.16. The molecule has 2 aromatic rings. The third-order valence-corrected chi connectivity index (χ3v) is 7.49. The summed E-state index contributed by atoms with van der Waals surface area (Å²) in [7, 11) is -2.24. The van der Waals surface area contributed by atoms with Crippen LogP contribution in [0.25, 0.3) is 0 Å². The van der Waals surface area contributed by atoms with Crippen LogP contribution in [-0.2, 0) is 16.0 Å². The smallest absolute Gasteiger partial charge is 0.381 e. The molecule has 2 aliphatic heterocycles. The number of sulfone groups is 1. The molecule has 2 atom stereocenters. The molecule has 0 aliphatic carbocycles. The fourth-order valence-corrected chi connectivity index (χ4v) is 5.70. The summed E-state index contributed by atoms with van der Waals surface area (Å²) in [6.07, 6.45) is -2.92. The van der Waals surface area contributed by atoms with E-state index in [4.69, 9.17) is 0 Å². The van der Waals surface area contributed by atoms with E-state index < -0.39 is 26.5 Å². The van der Waals surface area contributed by atoms with Crippen LogP contribution in [0.5, 0.6) is 0 Å². The van der Waals surface area contributed by atoms with Crippen molar-refractivity contribution in [3.05, 3.63) is 53.6 Å². The molecule has 0 aromatic heterocycles. The third kappa shape index (κ3) is 3.28. The number of hydrogen-bond acceptors (Lipinski definition) is 4. The number of benzene rings is 2. The van der Waals surface area contributed by atoms with Gasteiger partial charge in [0.1, 0.15) is 0 Å². The summed E-state index contributed by atoms with van der Waals surface area (Å²) in [5.41, 5.74) is 0.621. The lowest BCUT2D eigenvalue weighted by Crippen LogP contribution is -2.22. The van der Waals surface area contributed by atoms with Crippen molar-refractivity contribution in [3.8, 4) is 0 Å². The Hall–Kier alpha value is -2.06. The van der Waals surface area contributed by atoms with Crippen LogP contribution in [0.2, 0.25) is 0 Å². The zero-order chi connectivity index (χ0) is 20.1. The molecule has 2 aromatic carbocycles. The molecule has 0 saturated carbocycles. The van der Waals surface area contributed by atoms with Crippen LogP contribution in [0.3, 0.4) is 0 Å². The van der Waals surface area contributed by atoms with Crippen LogP contribution < -0.4 is 5.32 Å². The first-order valence-corrected chi connectivity index (χ1v) is 10.7. The Balaban J connectivity index is 1.76. The monoisotopic (exact) mass is 410 g/mol. The van der Waals surface area contributed by atoms with E-state index in [1.807, 2.05) is 0 Å². The highest BCUT2D eigenvalue weighted by molar-refractivity contribution is 7.91. The molecule has 1 saturated heterocycles. The Bertz CT molecular complexity index is 1000. The summed E-state index contributed by atoms with van der Waals surface area (Å²) in [6.45, 7) is 1.85. The molecule has 0 bridgehead atoms. The minimum Gasteiger partial charge on any atom is -0.381 e. The SMILES string of the molecule is CN1CCC2Nc3ccc(S(=O)(=O)c4ccccc4C(F)(F)F)cc3[C@H]2CC1. The highest BCUT2D eigenvalue weighted by atomic mass is 32.2. The third-order valence-electron chi connectivity index (χ3n) is 5.69. The van der Waals surface area contributed by atoms with Crippen LogP contribution in [-0.4, -0.2) is 39.5 Å². The van der Waals surface area contributed by atoms with Crippen molar-refractivity contribution in [3.63, 3.8) is 0 Å². The first-order valence-electron chi connectivity index (χ1n) is 9.18. The Kier molecular flexibility index (Phi) is 4.66. The van der Waals surface area contributed by atoms with Crippen LogP contribution in [0.1, 0.15) is 29.9 Å². The molecule has 2 heterocycles. The van der Waals surface area contributed by atoms with Crippen LogP contribution in [0.15, 0.2) is 52.3 Å². The maximum absolute atomic E-state index is 13.3. The predicted octanol–water partition coefficient (Wildman–Crippen LogP) is 4.14. The van der Waals surface area contributed by atoms with E-state index in [1.165, 1.54) is 18.2 Å². The number of fused-ring (bicyclic) bond motifs is 3. The van der Waals surface area contributed by atoms with E-state index in [9.17, 15) is 21.6 Å². The molecule has 0 amide bonds. The van der Waals surface area contributed by atoms with Crippen molar-refractivity contribution in [2.24, 2.45) is 0 Å². The first-order chi connectivity index (χ1) is 13.2. The molecule has 1 unspecified atom stereocenters. The predicted molar refractivity (Wildman–Crippen MR) is 100 cm³/mol. The fourth-order valence-electron chi connectivity index (χ4n) is 4.19. The number of likely N-dealkylation sites (tertiary alicyclic amines) is 1. The first kappa shape index (κ1) is 19.3. The van der Waals surface area contributed by atoms with E-state index in [1.54, 1.807) is 12.1 Å². The molecule has 8 heteroatoms. The molecule has 0 radical (unpaired) electrons. The Morgan fingerprint density at radius 1 is 1.07 bits per heavy atom. The van der Waals surface area contributed by atoms with Gasteiger partial charge in [-0.2, -0.15) is 13.2 Å². The van der Waals surface area contributed by atoms with Crippen LogP contribution >= 0.6 is 0 Å². The standard InChI is InChI=1S/C20H21F3N2O2S/c1-25-10-8-14-15-12-13(6-7-17(15)24-18(14)9-11-25)28(26,27)19-5-3-2-4-16(19)20(21,22)23/h2-7,12,14,18,24H,8-11H2,1H3/t14-,18?/m1/s1. The Labute approximate surface area is 162 Å². The van der Waals surface area contributed by atoms with Gasteiger partial charge in [0.2, 0.25) is 9.84 Å². The minimum absolute atomic E-state index is 0.0944. The molecular formula is C20H21F3N2O2S. The summed E-state index contributed by atoms with van der Waals surface area (Å²) < 4.78 is 66.1. The fraction of sp³-hybridized carbons (Fsp3) is 0.400. The second-order valence-electron chi connectivity index (χ2n) is 7.48. The van der Waals surface area contributed by atoms with Gasteiger partial charge in [0.15, 0.2) is 0 Å². The summed E-state index contributed by atoms with van der Waals surface area (Å²) in [6, 6.07) is 9.19. The van der Waals surface area contributed by atoms with Gasteiger partial charge < -0.3 is 10.2 Å². The highest BCUT2D eigenvalue weighted by Crippen LogP contribution is 2.43. The maximum atomic E-state index is 13.3. The molecule has 0 spiro atoms. The second-order valence-corrected chi connectivity index (χ2v) is 9.40. The quantitative estimate of drug-likeness (QED) is 0.809. The topological polar surface area (TPSA) is 49.4 Å². The van der Waals surface area contributed by atoms with Gasteiger partial charge in [0.25, 0.3) is 0 Å². The number of rotatable bonds is 2. The van der Waals surface area contributed by atoms with Crippen LogP contribution in [0, 0.1) is 0 Å². The van der Waals surface area contributed by atoms with Gasteiger partial charge in [-0.15, -0.1) is 0 Å². The lowest BCUT2D eigenvalue weighted by atomic mass is 9.91. The summed E-state index contributed by atoms with van der Waals surface area (Å²) in [4.78, 5) is 1.44. The number of nitrogens with one attached hydrogen (secondary N) is 1. The zero-order valence-electron chi connectivity index (χ0n) is 15.3. The summed E-state index contributed by atoms with van der Waals surface area (Å²) in [5, 5.41) is 3.45. The van der Waals surface area contributed by atoms with Gasteiger partial charge >= 0.3 is 6.18 Å². The maximum Gasteiger partial charge on any atom is 0.417 e. The Morgan fingerprint density at radius 2 is 1.79 bits per heavy atom.